The molecule has 7 heteroatoms. The zero-order chi connectivity index (χ0) is 16.4. The molecule has 1 amide bonds. The average Bonchev–Trinajstić information content (AvgIpc) is 2.53. The Balaban J connectivity index is 1.86. The summed E-state index contributed by atoms with van der Waals surface area (Å²) >= 11 is 11.9. The summed E-state index contributed by atoms with van der Waals surface area (Å²) in [6.07, 6.45) is 0.0102. The Hall–Kier alpha value is -2.37. The molecule has 0 bridgehead atoms. The predicted octanol–water partition coefficient (Wildman–Crippen LogP) is 3.41. The van der Waals surface area contributed by atoms with Crippen LogP contribution in [0.3, 0.4) is 0 Å². The van der Waals surface area contributed by atoms with Crippen LogP contribution in [0.5, 0.6) is 0 Å². The van der Waals surface area contributed by atoms with Gasteiger partial charge >= 0.3 is 0 Å². The van der Waals surface area contributed by atoms with E-state index in [0.717, 1.165) is 0 Å². The number of hydrogen-bond acceptors (Lipinski definition) is 3. The predicted molar refractivity (Wildman–Crippen MR) is 91.2 cm³/mol. The SMILES string of the molecule is O=C(Cc1n[nH]c(=O)c2ccccc12)Nc1ccc(Cl)cc1Cl. The number of nitrogens with zero attached hydrogens (tertiary/aromatic N) is 1. The molecular formula is C16H11Cl2N3O2. The minimum atomic E-state index is -0.293. The van der Waals surface area contributed by atoms with Crippen molar-refractivity contribution >= 4 is 45.6 Å². The molecule has 0 saturated heterocycles. The molecule has 2 N–H and O–H groups in total. The van der Waals surface area contributed by atoms with Crippen molar-refractivity contribution < 1.29 is 4.79 Å². The van der Waals surface area contributed by atoms with Gasteiger partial charge in [-0.05, 0) is 24.3 Å². The first-order valence-corrected chi connectivity index (χ1v) is 7.51. The third kappa shape index (κ3) is 3.36. The molecule has 0 radical (unpaired) electrons. The lowest BCUT2D eigenvalue weighted by molar-refractivity contribution is -0.115. The number of nitrogens with one attached hydrogen (secondary N) is 2. The van der Waals surface area contributed by atoms with Crippen molar-refractivity contribution in [3.63, 3.8) is 0 Å². The molecule has 23 heavy (non-hydrogen) atoms. The molecule has 0 atom stereocenters. The third-order valence-electron chi connectivity index (χ3n) is 3.31. The second-order valence-electron chi connectivity index (χ2n) is 4.89. The Labute approximate surface area is 141 Å². The van der Waals surface area contributed by atoms with Crippen molar-refractivity contribution in [1.29, 1.82) is 0 Å². The van der Waals surface area contributed by atoms with Crippen molar-refractivity contribution in [1.82, 2.24) is 10.2 Å². The number of hydrogen-bond donors (Lipinski definition) is 2. The molecule has 5 nitrogen and oxygen atoms in total. The first kappa shape index (κ1) is 15.5. The normalized spacial score (nSPS) is 10.7. The lowest BCUT2D eigenvalue weighted by Gasteiger charge is -2.08. The summed E-state index contributed by atoms with van der Waals surface area (Å²) in [6, 6.07) is 11.8. The second-order valence-corrected chi connectivity index (χ2v) is 5.74. The van der Waals surface area contributed by atoms with Crippen LogP contribution in [0.2, 0.25) is 10.0 Å². The van der Waals surface area contributed by atoms with Crippen molar-refractivity contribution in [3.8, 4) is 0 Å². The number of aromatic amines is 1. The lowest BCUT2D eigenvalue weighted by Crippen LogP contribution is -2.18. The standard InChI is InChI=1S/C16H11Cl2N3O2/c17-9-5-6-13(12(18)7-9)19-15(22)8-14-10-3-1-2-4-11(10)16(23)21-20-14/h1-7H,8H2,(H,19,22)(H,21,23). The van der Waals surface area contributed by atoms with Gasteiger partial charge in [-0.15, -0.1) is 0 Å². The number of halogens is 2. The van der Waals surface area contributed by atoms with Crippen LogP contribution >= 0.6 is 23.2 Å². The zero-order valence-corrected chi connectivity index (χ0v) is 13.3. The lowest BCUT2D eigenvalue weighted by atomic mass is 10.1. The molecule has 0 spiro atoms. The van der Waals surface area contributed by atoms with E-state index in [1.165, 1.54) is 0 Å². The largest absolute Gasteiger partial charge is 0.324 e. The second kappa shape index (κ2) is 6.40. The monoisotopic (exact) mass is 347 g/mol. The number of anilines is 1. The molecule has 0 fully saturated rings. The van der Waals surface area contributed by atoms with Gasteiger partial charge in [-0.2, -0.15) is 5.10 Å². The highest BCUT2D eigenvalue weighted by atomic mass is 35.5. The highest BCUT2D eigenvalue weighted by molar-refractivity contribution is 6.36. The van der Waals surface area contributed by atoms with Gasteiger partial charge in [-0.3, -0.25) is 9.59 Å². The molecule has 0 saturated carbocycles. The summed E-state index contributed by atoms with van der Waals surface area (Å²) in [5.74, 6) is -0.293. The fourth-order valence-electron chi connectivity index (χ4n) is 2.24. The van der Waals surface area contributed by atoms with Crippen molar-refractivity contribution in [2.45, 2.75) is 6.42 Å². The first-order chi connectivity index (χ1) is 11.0. The van der Waals surface area contributed by atoms with Crippen LogP contribution in [-0.2, 0) is 11.2 Å². The molecule has 1 aromatic heterocycles. The maximum atomic E-state index is 12.2. The van der Waals surface area contributed by atoms with Crippen LogP contribution < -0.4 is 10.9 Å². The minimum Gasteiger partial charge on any atom is -0.324 e. The highest BCUT2D eigenvalue weighted by Crippen LogP contribution is 2.25. The Kier molecular flexibility index (Phi) is 4.32. The zero-order valence-electron chi connectivity index (χ0n) is 11.8. The van der Waals surface area contributed by atoms with Crippen molar-refractivity contribution in [2.24, 2.45) is 0 Å². The number of benzene rings is 2. The average molecular weight is 348 g/mol. The minimum absolute atomic E-state index is 0.0102. The van der Waals surface area contributed by atoms with E-state index >= 15 is 0 Å². The topological polar surface area (TPSA) is 74.8 Å². The maximum Gasteiger partial charge on any atom is 0.272 e. The van der Waals surface area contributed by atoms with E-state index in [1.54, 1.807) is 42.5 Å². The molecule has 0 aliphatic rings. The van der Waals surface area contributed by atoms with Gasteiger partial charge in [0, 0.05) is 10.4 Å². The van der Waals surface area contributed by atoms with E-state index in [9.17, 15) is 9.59 Å². The van der Waals surface area contributed by atoms with E-state index in [0.29, 0.717) is 32.2 Å². The summed E-state index contributed by atoms with van der Waals surface area (Å²) < 4.78 is 0. The maximum absolute atomic E-state index is 12.2. The molecule has 3 rings (SSSR count). The number of H-pyrrole nitrogens is 1. The summed E-state index contributed by atoms with van der Waals surface area (Å²) in [5, 5.41) is 11.1. The van der Waals surface area contributed by atoms with E-state index in [1.807, 2.05) is 0 Å². The Bertz CT molecular complexity index is 953. The van der Waals surface area contributed by atoms with Crippen LogP contribution in [0, 0.1) is 0 Å². The number of amides is 1. The van der Waals surface area contributed by atoms with Gasteiger partial charge in [0.25, 0.3) is 5.56 Å². The molecular weight excluding hydrogens is 337 g/mol. The summed E-state index contributed by atoms with van der Waals surface area (Å²) in [7, 11) is 0. The van der Waals surface area contributed by atoms with Crippen LogP contribution in [-0.4, -0.2) is 16.1 Å². The van der Waals surface area contributed by atoms with Crippen LogP contribution in [0.25, 0.3) is 10.8 Å². The van der Waals surface area contributed by atoms with E-state index in [4.69, 9.17) is 23.2 Å². The fraction of sp³-hybridized carbons (Fsp3) is 0.0625. The molecule has 0 aliphatic carbocycles. The third-order valence-corrected chi connectivity index (χ3v) is 3.86. The van der Waals surface area contributed by atoms with E-state index in [-0.39, 0.29) is 17.9 Å². The summed E-state index contributed by atoms with van der Waals surface area (Å²) in [5.41, 5.74) is 0.670. The molecule has 3 aromatic rings. The molecule has 2 aromatic carbocycles. The Morgan fingerprint density at radius 3 is 2.61 bits per heavy atom. The number of aromatic nitrogens is 2. The number of fused-ring (bicyclic) bond motifs is 1. The van der Waals surface area contributed by atoms with Gasteiger partial charge in [0.2, 0.25) is 5.91 Å². The van der Waals surface area contributed by atoms with E-state index in [2.05, 4.69) is 15.5 Å². The van der Waals surface area contributed by atoms with Gasteiger partial charge in [-0.1, -0.05) is 41.4 Å². The summed E-state index contributed by atoms with van der Waals surface area (Å²) in [6.45, 7) is 0. The number of carbonyl (C=O) groups is 1. The molecule has 116 valence electrons. The Morgan fingerprint density at radius 2 is 1.87 bits per heavy atom. The van der Waals surface area contributed by atoms with Crippen LogP contribution in [0.4, 0.5) is 5.69 Å². The van der Waals surface area contributed by atoms with E-state index < -0.39 is 0 Å². The van der Waals surface area contributed by atoms with Crippen molar-refractivity contribution in [2.75, 3.05) is 5.32 Å². The van der Waals surface area contributed by atoms with Gasteiger partial charge < -0.3 is 5.32 Å². The highest BCUT2D eigenvalue weighted by Gasteiger charge is 2.12. The van der Waals surface area contributed by atoms with Gasteiger partial charge in [0.1, 0.15) is 0 Å². The number of carbonyl (C=O) groups excluding carboxylic acids is 1. The molecule has 0 aliphatic heterocycles. The van der Waals surface area contributed by atoms with Crippen LogP contribution in [0.15, 0.2) is 47.3 Å². The Morgan fingerprint density at radius 1 is 1.13 bits per heavy atom. The quantitative estimate of drug-likeness (QED) is 0.762. The molecule has 1 heterocycles. The number of rotatable bonds is 3. The fourth-order valence-corrected chi connectivity index (χ4v) is 2.70. The first-order valence-electron chi connectivity index (χ1n) is 6.76. The summed E-state index contributed by atoms with van der Waals surface area (Å²) in [4.78, 5) is 23.9. The smallest absolute Gasteiger partial charge is 0.272 e. The molecule has 0 unspecified atom stereocenters. The van der Waals surface area contributed by atoms with Gasteiger partial charge in [0.05, 0.1) is 28.2 Å². The van der Waals surface area contributed by atoms with Crippen molar-refractivity contribution in [3.05, 3.63) is 68.6 Å². The van der Waals surface area contributed by atoms with Gasteiger partial charge in [-0.25, -0.2) is 5.10 Å². The van der Waals surface area contributed by atoms with Gasteiger partial charge in [0.15, 0.2) is 0 Å². The van der Waals surface area contributed by atoms with Crippen LogP contribution in [0.1, 0.15) is 5.69 Å².